The van der Waals surface area contributed by atoms with Crippen molar-refractivity contribution in [3.05, 3.63) is 30.6 Å². The van der Waals surface area contributed by atoms with E-state index in [0.717, 1.165) is 59.8 Å². The number of hydrogen-bond donors (Lipinski definition) is 1. The van der Waals surface area contributed by atoms with E-state index in [1.54, 1.807) is 6.33 Å². The summed E-state index contributed by atoms with van der Waals surface area (Å²) >= 11 is 0. The summed E-state index contributed by atoms with van der Waals surface area (Å²) in [6.45, 7) is 10.5. The highest BCUT2D eigenvalue weighted by Gasteiger charge is 2.40. The Labute approximate surface area is 167 Å². The number of aromatic nitrogens is 4. The number of nitrogens with zero attached hydrogens (tertiary/aromatic N) is 4. The Kier molecular flexibility index (Phi) is 4.96. The number of aromatic amines is 1. The fourth-order valence-corrected chi connectivity index (χ4v) is 3.61. The van der Waals surface area contributed by atoms with Gasteiger partial charge in [-0.3, -0.25) is 5.10 Å². The molecule has 1 saturated heterocycles. The molecular formula is C22H31N5O. The summed E-state index contributed by atoms with van der Waals surface area (Å²) in [7, 11) is 0. The van der Waals surface area contributed by atoms with Crippen LogP contribution in [0.4, 0.5) is 5.82 Å². The lowest BCUT2D eigenvalue weighted by molar-refractivity contribution is 0.200. The SMILES string of the molecule is CC.C[C@@H]1CCN(c2cc(-c3n[nH]c4ccc(OC5(C)CC5)cc34)ncn2)C1.[HH]. The van der Waals surface area contributed by atoms with Crippen LogP contribution in [-0.4, -0.2) is 38.9 Å². The van der Waals surface area contributed by atoms with Crippen LogP contribution in [0.15, 0.2) is 30.6 Å². The molecule has 5 rings (SSSR count). The zero-order valence-electron chi connectivity index (χ0n) is 17.2. The maximum absolute atomic E-state index is 6.12. The Balaban J connectivity index is 0.000000778. The normalized spacial score (nSPS) is 20.0. The standard InChI is InChI=1S/C20H23N5O.C2H6.H2/c1-13-5-8-25(11-13)18-10-17(21-12-22-18)19-15-9-14(26-20(2)6-7-20)3-4-16(15)23-24-19;1-2;/h3-4,9-10,12-13H,5-8,11H2,1-2H3,(H,23,24);1-2H3;1H/t13-;;/m1../s1. The van der Waals surface area contributed by atoms with Gasteiger partial charge in [-0.05, 0) is 50.3 Å². The molecule has 0 unspecified atom stereocenters. The van der Waals surface area contributed by atoms with Gasteiger partial charge in [0.25, 0.3) is 0 Å². The van der Waals surface area contributed by atoms with Crippen molar-refractivity contribution in [3.8, 4) is 17.1 Å². The first-order valence-corrected chi connectivity index (χ1v) is 10.3. The Morgan fingerprint density at radius 3 is 2.75 bits per heavy atom. The van der Waals surface area contributed by atoms with E-state index in [-0.39, 0.29) is 7.03 Å². The minimum Gasteiger partial charge on any atom is -0.488 e. The van der Waals surface area contributed by atoms with Gasteiger partial charge in [-0.15, -0.1) is 0 Å². The molecule has 1 saturated carbocycles. The van der Waals surface area contributed by atoms with E-state index in [2.05, 4.69) is 45.0 Å². The third-order valence-corrected chi connectivity index (χ3v) is 5.50. The molecule has 1 aliphatic carbocycles. The molecule has 1 aromatic carbocycles. The van der Waals surface area contributed by atoms with E-state index < -0.39 is 0 Å². The second-order valence-corrected chi connectivity index (χ2v) is 7.93. The lowest BCUT2D eigenvalue weighted by atomic mass is 10.1. The van der Waals surface area contributed by atoms with Gasteiger partial charge in [0.15, 0.2) is 0 Å². The van der Waals surface area contributed by atoms with E-state index in [0.29, 0.717) is 5.92 Å². The van der Waals surface area contributed by atoms with Crippen LogP contribution in [0.1, 0.15) is 48.4 Å². The summed E-state index contributed by atoms with van der Waals surface area (Å²) in [5.41, 5.74) is 2.69. The first kappa shape index (κ1) is 18.7. The molecule has 1 N–H and O–H groups in total. The van der Waals surface area contributed by atoms with E-state index in [1.165, 1.54) is 6.42 Å². The summed E-state index contributed by atoms with van der Waals surface area (Å²) in [5.74, 6) is 2.58. The molecule has 150 valence electrons. The molecule has 6 heteroatoms. The second-order valence-electron chi connectivity index (χ2n) is 7.93. The number of ether oxygens (including phenoxy) is 1. The van der Waals surface area contributed by atoms with Crippen molar-refractivity contribution in [2.24, 2.45) is 5.92 Å². The van der Waals surface area contributed by atoms with Crippen LogP contribution < -0.4 is 9.64 Å². The molecule has 0 radical (unpaired) electrons. The third kappa shape index (κ3) is 3.68. The van der Waals surface area contributed by atoms with Gasteiger partial charge in [0.05, 0.1) is 11.2 Å². The van der Waals surface area contributed by atoms with E-state index >= 15 is 0 Å². The van der Waals surface area contributed by atoms with E-state index in [4.69, 9.17) is 4.74 Å². The predicted octanol–water partition coefficient (Wildman–Crippen LogP) is 5.07. The number of benzene rings is 1. The summed E-state index contributed by atoms with van der Waals surface area (Å²) in [4.78, 5) is 11.3. The highest BCUT2D eigenvalue weighted by molar-refractivity contribution is 5.93. The van der Waals surface area contributed by atoms with Crippen LogP contribution in [0.3, 0.4) is 0 Å². The van der Waals surface area contributed by atoms with Crippen LogP contribution in [0.2, 0.25) is 0 Å². The van der Waals surface area contributed by atoms with Gasteiger partial charge < -0.3 is 9.64 Å². The van der Waals surface area contributed by atoms with E-state index in [1.807, 2.05) is 32.0 Å². The Bertz CT molecular complexity index is 969. The molecule has 1 aliphatic heterocycles. The van der Waals surface area contributed by atoms with Gasteiger partial charge >= 0.3 is 0 Å². The van der Waals surface area contributed by atoms with Crippen molar-refractivity contribution in [2.75, 3.05) is 18.0 Å². The molecule has 0 bridgehead atoms. The fourth-order valence-electron chi connectivity index (χ4n) is 3.61. The van der Waals surface area contributed by atoms with Crippen molar-refractivity contribution in [3.63, 3.8) is 0 Å². The number of rotatable bonds is 4. The van der Waals surface area contributed by atoms with Crippen LogP contribution >= 0.6 is 0 Å². The largest absolute Gasteiger partial charge is 0.488 e. The van der Waals surface area contributed by atoms with Crippen LogP contribution in [0, 0.1) is 5.92 Å². The number of hydrogen-bond acceptors (Lipinski definition) is 5. The third-order valence-electron chi connectivity index (χ3n) is 5.50. The topological polar surface area (TPSA) is 66.9 Å². The van der Waals surface area contributed by atoms with E-state index in [9.17, 15) is 0 Å². The minimum atomic E-state index is 0. The molecule has 28 heavy (non-hydrogen) atoms. The highest BCUT2D eigenvalue weighted by atomic mass is 16.5. The molecule has 0 amide bonds. The van der Waals surface area contributed by atoms with Crippen molar-refractivity contribution in [2.45, 2.75) is 52.6 Å². The summed E-state index contributed by atoms with van der Waals surface area (Å²) in [6, 6.07) is 8.14. The predicted molar refractivity (Wildman–Crippen MR) is 115 cm³/mol. The lowest BCUT2D eigenvalue weighted by Gasteiger charge is -2.16. The number of nitrogens with one attached hydrogen (secondary N) is 1. The van der Waals surface area contributed by atoms with Gasteiger partial charge in [-0.2, -0.15) is 5.10 Å². The second kappa shape index (κ2) is 7.41. The van der Waals surface area contributed by atoms with Crippen molar-refractivity contribution in [1.29, 1.82) is 0 Å². The van der Waals surface area contributed by atoms with Crippen molar-refractivity contribution >= 4 is 16.7 Å². The Morgan fingerprint density at radius 2 is 2.04 bits per heavy atom. The van der Waals surface area contributed by atoms with Crippen LogP contribution in [-0.2, 0) is 0 Å². The van der Waals surface area contributed by atoms with Crippen molar-refractivity contribution in [1.82, 2.24) is 20.2 Å². The number of H-pyrrole nitrogens is 1. The molecule has 2 fully saturated rings. The Hall–Kier alpha value is -2.63. The van der Waals surface area contributed by atoms with Gasteiger partial charge in [0.2, 0.25) is 0 Å². The zero-order chi connectivity index (χ0) is 19.7. The first-order valence-electron chi connectivity index (χ1n) is 10.3. The fraction of sp³-hybridized carbons (Fsp3) is 0.500. The molecule has 1 atom stereocenters. The molecule has 2 aliphatic rings. The number of fused-ring (bicyclic) bond motifs is 1. The number of anilines is 1. The minimum absolute atomic E-state index is 0. The average molecular weight is 382 g/mol. The lowest BCUT2D eigenvalue weighted by Crippen LogP contribution is -2.20. The van der Waals surface area contributed by atoms with Gasteiger partial charge in [0.1, 0.15) is 29.2 Å². The van der Waals surface area contributed by atoms with Crippen LogP contribution in [0.5, 0.6) is 5.75 Å². The van der Waals surface area contributed by atoms with Gasteiger partial charge in [-0.25, -0.2) is 9.97 Å². The molecule has 3 heterocycles. The molecule has 3 aromatic rings. The maximum atomic E-state index is 6.12. The highest BCUT2D eigenvalue weighted by Crippen LogP contribution is 2.40. The quantitative estimate of drug-likeness (QED) is 0.683. The van der Waals surface area contributed by atoms with Crippen molar-refractivity contribution < 1.29 is 6.16 Å². The molecular weight excluding hydrogens is 350 g/mol. The molecule has 0 spiro atoms. The van der Waals surface area contributed by atoms with Crippen LogP contribution in [0.25, 0.3) is 22.3 Å². The Morgan fingerprint density at radius 1 is 1.21 bits per heavy atom. The summed E-state index contributed by atoms with van der Waals surface area (Å²) < 4.78 is 6.12. The zero-order valence-corrected chi connectivity index (χ0v) is 17.2. The summed E-state index contributed by atoms with van der Waals surface area (Å²) in [5, 5.41) is 8.65. The molecule has 2 aromatic heterocycles. The first-order chi connectivity index (χ1) is 13.6. The summed E-state index contributed by atoms with van der Waals surface area (Å²) in [6.07, 6.45) is 5.09. The monoisotopic (exact) mass is 381 g/mol. The van der Waals surface area contributed by atoms with Gasteiger partial charge in [0, 0.05) is 26.0 Å². The molecule has 6 nitrogen and oxygen atoms in total. The maximum Gasteiger partial charge on any atom is 0.132 e. The smallest absolute Gasteiger partial charge is 0.132 e. The average Bonchev–Trinajstić information content (AvgIpc) is 3.09. The van der Waals surface area contributed by atoms with Gasteiger partial charge in [-0.1, -0.05) is 20.8 Å².